The number of nitrogens with one attached hydrogen (secondary N) is 2. The highest BCUT2D eigenvalue weighted by atomic mass is 32.2. The summed E-state index contributed by atoms with van der Waals surface area (Å²) in [7, 11) is -2.58. The van der Waals surface area contributed by atoms with Gasteiger partial charge < -0.3 is 10.4 Å². The Labute approximate surface area is 131 Å². The summed E-state index contributed by atoms with van der Waals surface area (Å²) in [6, 6.07) is 3.01. The molecule has 3 N–H and O–H groups in total. The Morgan fingerprint density at radius 1 is 1.30 bits per heavy atom. The standard InChI is InChI=1S/C13H14FN3O5S/c1-15-23(21,22)8-2-3-9(14)10(6-8)16-11-7-12(19)17(4-5-18)13(11)20/h2-3,6-7,15-16,18H,4-5H2,1H3. The number of halogens is 1. The Bertz CT molecular complexity index is 791. The van der Waals surface area contributed by atoms with Crippen LogP contribution in [0.5, 0.6) is 0 Å². The van der Waals surface area contributed by atoms with Gasteiger partial charge in [-0.1, -0.05) is 0 Å². The van der Waals surface area contributed by atoms with Crippen molar-refractivity contribution >= 4 is 27.5 Å². The van der Waals surface area contributed by atoms with E-state index in [2.05, 4.69) is 10.0 Å². The molecule has 1 heterocycles. The Hall–Kier alpha value is -2.30. The number of carbonyl (C=O) groups excluding carboxylic acids is 2. The van der Waals surface area contributed by atoms with Crippen molar-refractivity contribution in [3.63, 3.8) is 0 Å². The number of amides is 2. The molecule has 1 aliphatic heterocycles. The predicted octanol–water partition coefficient (Wildman–Crippen LogP) is -0.609. The van der Waals surface area contributed by atoms with Crippen LogP contribution < -0.4 is 10.0 Å². The zero-order valence-corrected chi connectivity index (χ0v) is 12.9. The molecule has 0 saturated carbocycles. The molecule has 0 saturated heterocycles. The molecule has 0 unspecified atom stereocenters. The molecule has 0 radical (unpaired) electrons. The van der Waals surface area contributed by atoms with Gasteiger partial charge in [0.2, 0.25) is 10.0 Å². The average Bonchev–Trinajstić information content (AvgIpc) is 2.77. The minimum Gasteiger partial charge on any atom is -0.395 e. The molecule has 0 atom stereocenters. The van der Waals surface area contributed by atoms with Crippen LogP contribution in [0.4, 0.5) is 10.1 Å². The lowest BCUT2D eigenvalue weighted by molar-refractivity contribution is -0.137. The van der Waals surface area contributed by atoms with E-state index < -0.39 is 34.3 Å². The number of hydrogen-bond acceptors (Lipinski definition) is 6. The highest BCUT2D eigenvalue weighted by molar-refractivity contribution is 7.89. The second-order valence-electron chi connectivity index (χ2n) is 4.55. The molecule has 2 amide bonds. The van der Waals surface area contributed by atoms with E-state index in [9.17, 15) is 22.4 Å². The number of anilines is 1. The number of nitrogens with zero attached hydrogens (tertiary/aromatic N) is 1. The van der Waals surface area contributed by atoms with Crippen molar-refractivity contribution in [3.05, 3.63) is 35.8 Å². The van der Waals surface area contributed by atoms with E-state index in [0.717, 1.165) is 29.2 Å². The van der Waals surface area contributed by atoms with Crippen LogP contribution in [0.25, 0.3) is 0 Å². The molecule has 10 heteroatoms. The first-order valence-electron chi connectivity index (χ1n) is 6.48. The first kappa shape index (κ1) is 17.1. The van der Waals surface area contributed by atoms with E-state index >= 15 is 0 Å². The number of rotatable bonds is 6. The summed E-state index contributed by atoms with van der Waals surface area (Å²) in [6.07, 6.45) is 0.955. The fourth-order valence-corrected chi connectivity index (χ4v) is 2.70. The minimum atomic E-state index is -3.79. The smallest absolute Gasteiger partial charge is 0.277 e. The maximum absolute atomic E-state index is 13.8. The van der Waals surface area contributed by atoms with Crippen LogP contribution in [0.2, 0.25) is 0 Å². The molecule has 0 aliphatic carbocycles. The molecule has 0 bridgehead atoms. The summed E-state index contributed by atoms with van der Waals surface area (Å²) in [5.41, 5.74) is -0.471. The van der Waals surface area contributed by atoms with Gasteiger partial charge in [0.05, 0.1) is 23.7 Å². The minimum absolute atomic E-state index is 0.185. The van der Waals surface area contributed by atoms with Gasteiger partial charge in [-0.25, -0.2) is 17.5 Å². The summed E-state index contributed by atoms with van der Waals surface area (Å²) in [4.78, 5) is 24.2. The molecule has 1 aromatic carbocycles. The predicted molar refractivity (Wildman–Crippen MR) is 78.2 cm³/mol. The molecule has 1 aromatic rings. The maximum atomic E-state index is 13.8. The third-order valence-electron chi connectivity index (χ3n) is 3.12. The van der Waals surface area contributed by atoms with Crippen molar-refractivity contribution in [2.24, 2.45) is 0 Å². The van der Waals surface area contributed by atoms with Crippen molar-refractivity contribution in [3.8, 4) is 0 Å². The van der Waals surface area contributed by atoms with Crippen LogP contribution in [-0.4, -0.2) is 50.4 Å². The zero-order valence-electron chi connectivity index (χ0n) is 12.0. The molecule has 1 aliphatic rings. The molecule has 0 spiro atoms. The average molecular weight is 343 g/mol. The lowest BCUT2D eigenvalue weighted by atomic mass is 10.3. The van der Waals surface area contributed by atoms with Gasteiger partial charge in [-0.05, 0) is 25.2 Å². The lowest BCUT2D eigenvalue weighted by Gasteiger charge is -2.14. The Morgan fingerprint density at radius 2 is 2.00 bits per heavy atom. The summed E-state index contributed by atoms with van der Waals surface area (Å²) >= 11 is 0. The number of aliphatic hydroxyl groups is 1. The zero-order chi connectivity index (χ0) is 17.2. The van der Waals surface area contributed by atoms with E-state index in [1.807, 2.05) is 0 Å². The first-order chi connectivity index (χ1) is 10.8. The molecule has 0 fully saturated rings. The van der Waals surface area contributed by atoms with E-state index in [4.69, 9.17) is 5.11 Å². The quantitative estimate of drug-likeness (QED) is 0.594. The maximum Gasteiger partial charge on any atom is 0.277 e. The summed E-state index contributed by atoms with van der Waals surface area (Å²) in [6.45, 7) is -0.584. The monoisotopic (exact) mass is 343 g/mol. The number of sulfonamides is 1. The van der Waals surface area contributed by atoms with Crippen molar-refractivity contribution in [2.45, 2.75) is 4.90 Å². The second-order valence-corrected chi connectivity index (χ2v) is 6.44. The van der Waals surface area contributed by atoms with Crippen LogP contribution in [0.15, 0.2) is 34.9 Å². The van der Waals surface area contributed by atoms with Gasteiger partial charge in [0, 0.05) is 6.08 Å². The van der Waals surface area contributed by atoms with Gasteiger partial charge in [0.15, 0.2) is 0 Å². The van der Waals surface area contributed by atoms with Gasteiger partial charge in [0.25, 0.3) is 11.8 Å². The lowest BCUT2D eigenvalue weighted by Crippen LogP contribution is -2.34. The van der Waals surface area contributed by atoms with Crippen LogP contribution in [-0.2, 0) is 19.6 Å². The van der Waals surface area contributed by atoms with Gasteiger partial charge in [-0.15, -0.1) is 0 Å². The highest BCUT2D eigenvalue weighted by Gasteiger charge is 2.31. The number of benzene rings is 1. The summed E-state index contributed by atoms with van der Waals surface area (Å²) in [5, 5.41) is 11.2. The van der Waals surface area contributed by atoms with Gasteiger partial charge in [-0.2, -0.15) is 0 Å². The van der Waals surface area contributed by atoms with Crippen molar-refractivity contribution in [2.75, 3.05) is 25.5 Å². The Balaban J connectivity index is 2.31. The molecule has 0 aromatic heterocycles. The van der Waals surface area contributed by atoms with Gasteiger partial charge >= 0.3 is 0 Å². The number of carbonyl (C=O) groups is 2. The summed E-state index contributed by atoms with van der Waals surface area (Å²) in [5.74, 6) is -2.17. The Kier molecular flexibility index (Phi) is 4.78. The topological polar surface area (TPSA) is 116 Å². The number of aliphatic hydroxyl groups excluding tert-OH is 1. The summed E-state index contributed by atoms with van der Waals surface area (Å²) < 4.78 is 39.4. The number of β-amino-alcohol motifs (C(OH)–C–C–N with tert-alkyl or cyclic N) is 1. The van der Waals surface area contributed by atoms with Crippen molar-refractivity contribution in [1.82, 2.24) is 9.62 Å². The SMILES string of the molecule is CNS(=O)(=O)c1ccc(F)c(NC2=CC(=O)N(CCO)C2=O)c1. The number of imide groups is 1. The molecule has 8 nitrogen and oxygen atoms in total. The molecule has 124 valence electrons. The molecule has 23 heavy (non-hydrogen) atoms. The molecule has 2 rings (SSSR count). The largest absolute Gasteiger partial charge is 0.395 e. The van der Waals surface area contributed by atoms with E-state index in [1.165, 1.54) is 7.05 Å². The normalized spacial score (nSPS) is 15.1. The van der Waals surface area contributed by atoms with E-state index in [-0.39, 0.29) is 22.8 Å². The van der Waals surface area contributed by atoms with E-state index in [0.29, 0.717) is 0 Å². The third-order valence-corrected chi connectivity index (χ3v) is 4.53. The Morgan fingerprint density at radius 3 is 2.61 bits per heavy atom. The second kappa shape index (κ2) is 6.44. The first-order valence-corrected chi connectivity index (χ1v) is 7.97. The van der Waals surface area contributed by atoms with Crippen LogP contribution in [0.1, 0.15) is 0 Å². The van der Waals surface area contributed by atoms with Crippen LogP contribution in [0, 0.1) is 5.82 Å². The molecular formula is C13H14FN3O5S. The van der Waals surface area contributed by atoms with Crippen molar-refractivity contribution < 1.29 is 27.5 Å². The van der Waals surface area contributed by atoms with Crippen molar-refractivity contribution in [1.29, 1.82) is 0 Å². The van der Waals surface area contributed by atoms with E-state index in [1.54, 1.807) is 0 Å². The van der Waals surface area contributed by atoms with Crippen LogP contribution >= 0.6 is 0 Å². The van der Waals surface area contributed by atoms with Gasteiger partial charge in [-0.3, -0.25) is 14.5 Å². The fraction of sp³-hybridized carbons (Fsp3) is 0.231. The molecular weight excluding hydrogens is 329 g/mol. The van der Waals surface area contributed by atoms with Gasteiger partial charge in [0.1, 0.15) is 11.5 Å². The number of hydrogen-bond donors (Lipinski definition) is 3. The van der Waals surface area contributed by atoms with Crippen LogP contribution in [0.3, 0.4) is 0 Å². The third kappa shape index (κ3) is 3.38. The fourth-order valence-electron chi connectivity index (χ4n) is 1.94. The highest BCUT2D eigenvalue weighted by Crippen LogP contribution is 2.23.